The zero-order valence-electron chi connectivity index (χ0n) is 12.8. The zero-order valence-corrected chi connectivity index (χ0v) is 14.5. The van der Waals surface area contributed by atoms with Crippen molar-refractivity contribution in [2.24, 2.45) is 0 Å². The normalized spacial score (nSPS) is 23.8. The molecule has 0 aromatic carbocycles. The van der Waals surface area contributed by atoms with E-state index in [1.165, 1.54) is 17.9 Å². The van der Waals surface area contributed by atoms with E-state index < -0.39 is 0 Å². The van der Waals surface area contributed by atoms with Crippen LogP contribution in [0.1, 0.15) is 50.9 Å². The Morgan fingerprint density at radius 2 is 2.05 bits per heavy atom. The fraction of sp³-hybridized carbons (Fsp3) is 0.733. The first-order valence-electron chi connectivity index (χ1n) is 7.29. The van der Waals surface area contributed by atoms with Crippen LogP contribution in [0.2, 0.25) is 0 Å². The molecule has 2 atom stereocenters. The molecule has 1 saturated heterocycles. The van der Waals surface area contributed by atoms with Gasteiger partial charge in [-0.05, 0) is 33.3 Å². The molecule has 2 rings (SSSR count). The highest BCUT2D eigenvalue weighted by Crippen LogP contribution is 2.42. The molecule has 5 heteroatoms. The molecule has 1 fully saturated rings. The second-order valence-electron chi connectivity index (χ2n) is 6.12. The Morgan fingerprint density at radius 3 is 2.75 bits per heavy atom. The molecule has 0 bridgehead atoms. The monoisotopic (exact) mass is 311 g/mol. The number of rotatable bonds is 4. The van der Waals surface area contributed by atoms with E-state index in [-0.39, 0.29) is 5.54 Å². The summed E-state index contributed by atoms with van der Waals surface area (Å²) in [6.07, 6.45) is 3.10. The Bertz CT molecular complexity index is 431. The summed E-state index contributed by atoms with van der Waals surface area (Å²) in [6, 6.07) is 2.02. The number of aromatic nitrogens is 2. The van der Waals surface area contributed by atoms with Gasteiger partial charge in [-0.3, -0.25) is 0 Å². The quantitative estimate of drug-likeness (QED) is 0.918. The largest absolute Gasteiger partial charge is 0.306 e. The van der Waals surface area contributed by atoms with Crippen LogP contribution in [0.5, 0.6) is 0 Å². The first-order chi connectivity index (χ1) is 9.49. The number of nitrogens with one attached hydrogen (secondary N) is 1. The Kier molecular flexibility index (Phi) is 5.75. The summed E-state index contributed by atoms with van der Waals surface area (Å²) in [6.45, 7) is 9.60. The molecule has 0 amide bonds. The van der Waals surface area contributed by atoms with Gasteiger partial charge in [-0.1, -0.05) is 6.92 Å². The highest BCUT2D eigenvalue weighted by molar-refractivity contribution is 8.06. The molecular weight excluding hydrogens is 286 g/mol. The van der Waals surface area contributed by atoms with Gasteiger partial charge >= 0.3 is 0 Å². The molecule has 1 aliphatic heterocycles. The molecule has 1 aromatic rings. The second kappa shape index (κ2) is 7.14. The van der Waals surface area contributed by atoms with Crippen molar-refractivity contribution in [1.82, 2.24) is 15.3 Å². The van der Waals surface area contributed by atoms with Gasteiger partial charge in [-0.2, -0.15) is 11.8 Å². The van der Waals surface area contributed by atoms with Gasteiger partial charge in [-0.15, -0.1) is 11.8 Å². The van der Waals surface area contributed by atoms with Gasteiger partial charge in [0.05, 0.1) is 10.9 Å². The lowest BCUT2D eigenvalue weighted by Gasteiger charge is -2.29. The third kappa shape index (κ3) is 4.64. The molecule has 0 aliphatic carbocycles. The topological polar surface area (TPSA) is 37.8 Å². The SMILES string of the molecule is CCC1SCCSC1c1nccc(CNC(C)(C)C)n1. The fourth-order valence-electron chi connectivity index (χ4n) is 2.15. The van der Waals surface area contributed by atoms with Gasteiger partial charge < -0.3 is 5.32 Å². The molecule has 20 heavy (non-hydrogen) atoms. The third-order valence-electron chi connectivity index (χ3n) is 3.24. The van der Waals surface area contributed by atoms with Crippen molar-refractivity contribution in [3.8, 4) is 0 Å². The first-order valence-corrected chi connectivity index (χ1v) is 9.39. The van der Waals surface area contributed by atoms with E-state index in [0.717, 1.165) is 18.1 Å². The zero-order chi connectivity index (χ0) is 14.6. The maximum Gasteiger partial charge on any atom is 0.142 e. The van der Waals surface area contributed by atoms with E-state index in [2.05, 4.69) is 49.8 Å². The maximum atomic E-state index is 4.79. The van der Waals surface area contributed by atoms with Gasteiger partial charge in [0.25, 0.3) is 0 Å². The molecule has 1 aromatic heterocycles. The van der Waals surface area contributed by atoms with Crippen LogP contribution < -0.4 is 5.32 Å². The number of thioether (sulfide) groups is 2. The highest BCUT2D eigenvalue weighted by atomic mass is 32.2. The Morgan fingerprint density at radius 1 is 1.30 bits per heavy atom. The smallest absolute Gasteiger partial charge is 0.142 e. The summed E-state index contributed by atoms with van der Waals surface area (Å²) in [5, 5.41) is 4.60. The van der Waals surface area contributed by atoms with Gasteiger partial charge in [0.1, 0.15) is 5.82 Å². The van der Waals surface area contributed by atoms with Crippen molar-refractivity contribution < 1.29 is 0 Å². The van der Waals surface area contributed by atoms with Gasteiger partial charge in [0.2, 0.25) is 0 Å². The Labute approximate surface area is 131 Å². The van der Waals surface area contributed by atoms with Crippen LogP contribution in [0.3, 0.4) is 0 Å². The number of hydrogen-bond acceptors (Lipinski definition) is 5. The molecule has 0 spiro atoms. The van der Waals surface area contributed by atoms with Crippen molar-refractivity contribution in [3.63, 3.8) is 0 Å². The van der Waals surface area contributed by atoms with Crippen LogP contribution in [0.25, 0.3) is 0 Å². The minimum atomic E-state index is 0.118. The van der Waals surface area contributed by atoms with Crippen LogP contribution >= 0.6 is 23.5 Å². The summed E-state index contributed by atoms with van der Waals surface area (Å²) in [5.41, 5.74) is 1.21. The van der Waals surface area contributed by atoms with Crippen LogP contribution in [0.15, 0.2) is 12.3 Å². The Hall–Kier alpha value is -0.260. The fourth-order valence-corrected chi connectivity index (χ4v) is 5.15. The predicted octanol–water partition coefficient (Wildman–Crippen LogP) is 3.66. The number of hydrogen-bond donors (Lipinski definition) is 1. The summed E-state index contributed by atoms with van der Waals surface area (Å²) in [5.74, 6) is 3.48. The lowest BCUT2D eigenvalue weighted by atomic mass is 10.1. The van der Waals surface area contributed by atoms with Crippen molar-refractivity contribution in [2.75, 3.05) is 11.5 Å². The minimum absolute atomic E-state index is 0.118. The standard InChI is InChI=1S/C15H25N3S2/c1-5-12-13(20-9-8-19-12)14-16-7-6-11(18-14)10-17-15(2,3)4/h6-7,12-13,17H,5,8-10H2,1-4H3. The summed E-state index contributed by atoms with van der Waals surface area (Å²) >= 11 is 4.09. The summed E-state index contributed by atoms with van der Waals surface area (Å²) in [7, 11) is 0. The van der Waals surface area contributed by atoms with E-state index in [0.29, 0.717) is 10.5 Å². The molecule has 2 unspecified atom stereocenters. The van der Waals surface area contributed by atoms with E-state index in [1.54, 1.807) is 0 Å². The average molecular weight is 312 g/mol. The lowest BCUT2D eigenvalue weighted by Crippen LogP contribution is -2.35. The first kappa shape index (κ1) is 16.1. The molecule has 3 nitrogen and oxygen atoms in total. The van der Waals surface area contributed by atoms with Crippen LogP contribution in [0.4, 0.5) is 0 Å². The second-order valence-corrected chi connectivity index (χ2v) is 8.72. The van der Waals surface area contributed by atoms with Gasteiger partial charge in [0, 0.05) is 35.0 Å². The van der Waals surface area contributed by atoms with Crippen LogP contribution in [-0.2, 0) is 6.54 Å². The molecule has 0 saturated carbocycles. The highest BCUT2D eigenvalue weighted by Gasteiger charge is 2.28. The average Bonchev–Trinajstić information content (AvgIpc) is 2.45. The van der Waals surface area contributed by atoms with Crippen molar-refractivity contribution >= 4 is 23.5 Å². The third-order valence-corrected chi connectivity index (χ3v) is 6.48. The predicted molar refractivity (Wildman–Crippen MR) is 90.4 cm³/mol. The van der Waals surface area contributed by atoms with E-state index >= 15 is 0 Å². The lowest BCUT2D eigenvalue weighted by molar-refractivity contribution is 0.420. The Balaban J connectivity index is 2.08. The van der Waals surface area contributed by atoms with E-state index in [9.17, 15) is 0 Å². The molecule has 1 N–H and O–H groups in total. The van der Waals surface area contributed by atoms with Crippen LogP contribution in [-0.4, -0.2) is 32.3 Å². The van der Waals surface area contributed by atoms with E-state index in [4.69, 9.17) is 4.98 Å². The van der Waals surface area contributed by atoms with Crippen molar-refractivity contribution in [1.29, 1.82) is 0 Å². The summed E-state index contributed by atoms with van der Waals surface area (Å²) in [4.78, 5) is 9.32. The minimum Gasteiger partial charge on any atom is -0.306 e. The van der Waals surface area contributed by atoms with Crippen LogP contribution in [0, 0.1) is 0 Å². The van der Waals surface area contributed by atoms with Gasteiger partial charge in [-0.25, -0.2) is 9.97 Å². The number of nitrogens with zero attached hydrogens (tertiary/aromatic N) is 2. The maximum absolute atomic E-state index is 4.79. The molecule has 0 radical (unpaired) electrons. The van der Waals surface area contributed by atoms with Crippen molar-refractivity contribution in [3.05, 3.63) is 23.8 Å². The molecule has 1 aliphatic rings. The molecular formula is C15H25N3S2. The molecule has 112 valence electrons. The van der Waals surface area contributed by atoms with Crippen molar-refractivity contribution in [2.45, 2.75) is 56.7 Å². The molecule has 2 heterocycles. The van der Waals surface area contributed by atoms with Gasteiger partial charge in [0.15, 0.2) is 0 Å². The van der Waals surface area contributed by atoms with E-state index in [1.807, 2.05) is 24.0 Å². The summed E-state index contributed by atoms with van der Waals surface area (Å²) < 4.78 is 0.